The van der Waals surface area contributed by atoms with Crippen LogP contribution >= 0.6 is 11.8 Å². The second kappa shape index (κ2) is 14.5. The lowest BCUT2D eigenvalue weighted by molar-refractivity contribution is -0.0991. The van der Waals surface area contributed by atoms with Gasteiger partial charge in [0.15, 0.2) is 17.0 Å². The van der Waals surface area contributed by atoms with E-state index in [1.807, 2.05) is 83.6 Å². The van der Waals surface area contributed by atoms with Crippen LogP contribution in [0.15, 0.2) is 134 Å². The Morgan fingerprint density at radius 1 is 0.854 bits per heavy atom. The molecular weight excluding hydrogens is 623 g/mol. The van der Waals surface area contributed by atoms with Crippen molar-refractivity contribution in [3.05, 3.63) is 156 Å². The predicted octanol–water partition coefficient (Wildman–Crippen LogP) is 7.08. The minimum absolute atomic E-state index is 0.251. The molecule has 6 aromatic rings. The van der Waals surface area contributed by atoms with Crippen LogP contribution in [0.5, 0.6) is 0 Å². The van der Waals surface area contributed by atoms with Crippen LogP contribution in [0.4, 0.5) is 5.82 Å². The van der Waals surface area contributed by atoms with Crippen molar-refractivity contribution in [2.45, 2.75) is 30.5 Å². The van der Waals surface area contributed by atoms with Crippen LogP contribution in [0.3, 0.4) is 0 Å². The van der Waals surface area contributed by atoms with Crippen LogP contribution in [0.2, 0.25) is 0 Å². The number of imidazole rings is 1. The normalized spacial score (nSPS) is 17.8. The van der Waals surface area contributed by atoms with Crippen molar-refractivity contribution >= 4 is 34.7 Å². The maximum atomic E-state index is 12.9. The standard InChI is InChI=1S/C38H35N5O4S/c1-48-26-45-31-22-33(43-25-41-34-35(39-24-40-36(34)43)42-37(44)27-14-6-2-7-15-27)47-32(31)23-46-38(28-16-8-3-9-17-28,29-18-10-4-11-19-29)30-20-12-5-13-21-30/h2-21,24-25,31-33H,22-23,26H2,1H3,(H,39,40,42,44)/t31-,32+,33+/m0/s1. The summed E-state index contributed by atoms with van der Waals surface area (Å²) in [6.45, 7) is 0.258. The average molecular weight is 658 g/mol. The molecule has 0 bridgehead atoms. The number of amides is 1. The molecule has 1 aliphatic rings. The number of thioether (sulfide) groups is 1. The molecule has 1 amide bonds. The molecule has 9 nitrogen and oxygen atoms in total. The van der Waals surface area contributed by atoms with Crippen molar-refractivity contribution in [1.29, 1.82) is 0 Å². The van der Waals surface area contributed by atoms with E-state index in [-0.39, 0.29) is 18.6 Å². The Morgan fingerprint density at radius 3 is 2.02 bits per heavy atom. The van der Waals surface area contributed by atoms with Crippen molar-refractivity contribution in [2.75, 3.05) is 24.1 Å². The Balaban J connectivity index is 1.19. The molecule has 1 saturated heterocycles. The van der Waals surface area contributed by atoms with Gasteiger partial charge in [0.25, 0.3) is 5.91 Å². The molecule has 48 heavy (non-hydrogen) atoms. The molecule has 4 aromatic carbocycles. The van der Waals surface area contributed by atoms with Crippen molar-refractivity contribution in [3.8, 4) is 0 Å². The van der Waals surface area contributed by atoms with Gasteiger partial charge in [0.2, 0.25) is 0 Å². The van der Waals surface area contributed by atoms with Crippen molar-refractivity contribution < 1.29 is 19.0 Å². The number of rotatable bonds is 12. The van der Waals surface area contributed by atoms with Crippen LogP contribution < -0.4 is 5.32 Å². The van der Waals surface area contributed by atoms with Crippen molar-refractivity contribution in [1.82, 2.24) is 19.5 Å². The van der Waals surface area contributed by atoms with E-state index in [1.54, 1.807) is 30.2 Å². The third-order valence-corrected chi connectivity index (χ3v) is 8.89. The highest BCUT2D eigenvalue weighted by atomic mass is 32.2. The zero-order chi connectivity index (χ0) is 32.8. The fourth-order valence-corrected chi connectivity index (χ4v) is 6.56. The Labute approximate surface area is 283 Å². The molecule has 0 spiro atoms. The monoisotopic (exact) mass is 657 g/mol. The molecule has 2 aromatic heterocycles. The summed E-state index contributed by atoms with van der Waals surface area (Å²) >= 11 is 1.61. The number of aromatic nitrogens is 4. The van der Waals surface area contributed by atoms with Gasteiger partial charge in [-0.25, -0.2) is 15.0 Å². The second-order valence-electron chi connectivity index (χ2n) is 11.4. The first-order valence-corrected chi connectivity index (χ1v) is 17.2. The van der Waals surface area contributed by atoms with E-state index >= 15 is 0 Å². The Morgan fingerprint density at radius 2 is 1.44 bits per heavy atom. The molecule has 242 valence electrons. The molecular formula is C38H35N5O4S. The molecule has 3 heterocycles. The van der Waals surface area contributed by atoms with E-state index in [1.165, 1.54) is 6.33 Å². The summed E-state index contributed by atoms with van der Waals surface area (Å²) in [5.74, 6) is 0.573. The lowest BCUT2D eigenvalue weighted by atomic mass is 9.80. The topological polar surface area (TPSA) is 100 Å². The Hall–Kier alpha value is -4.87. The largest absolute Gasteiger partial charge is 0.365 e. The maximum Gasteiger partial charge on any atom is 0.256 e. The number of hydrogen-bond acceptors (Lipinski definition) is 8. The van der Waals surface area contributed by atoms with Gasteiger partial charge in [0.05, 0.1) is 25.0 Å². The first-order chi connectivity index (χ1) is 23.7. The summed E-state index contributed by atoms with van der Waals surface area (Å²) in [5.41, 5.74) is 3.70. The van der Waals surface area contributed by atoms with Crippen LogP contribution in [-0.4, -0.2) is 56.4 Å². The van der Waals surface area contributed by atoms with Gasteiger partial charge in [-0.3, -0.25) is 9.36 Å². The third kappa shape index (κ3) is 6.35. The smallest absolute Gasteiger partial charge is 0.256 e. The molecule has 1 N–H and O–H groups in total. The van der Waals surface area contributed by atoms with Crippen LogP contribution in [-0.2, 0) is 19.8 Å². The number of hydrogen-bond donors (Lipinski definition) is 1. The van der Waals surface area contributed by atoms with Gasteiger partial charge in [-0.15, -0.1) is 11.8 Å². The zero-order valence-electron chi connectivity index (χ0n) is 26.4. The fraction of sp³-hybridized carbons (Fsp3) is 0.211. The predicted molar refractivity (Wildman–Crippen MR) is 187 cm³/mol. The van der Waals surface area contributed by atoms with Gasteiger partial charge in [-0.05, 0) is 35.1 Å². The van der Waals surface area contributed by atoms with E-state index in [9.17, 15) is 4.79 Å². The Bertz CT molecular complexity index is 1850. The molecule has 7 rings (SSSR count). The number of benzene rings is 4. The van der Waals surface area contributed by atoms with Gasteiger partial charge in [0, 0.05) is 12.0 Å². The molecule has 10 heteroatoms. The van der Waals surface area contributed by atoms with Crippen LogP contribution in [0.25, 0.3) is 11.2 Å². The van der Waals surface area contributed by atoms with Crippen LogP contribution in [0.1, 0.15) is 39.7 Å². The SMILES string of the molecule is CSCO[C@H]1C[C@H](n2cnc3c(NC(=O)c4ccccc4)ncnc32)O[C@@H]1COC(c1ccccc1)(c1ccccc1)c1ccccc1. The van der Waals surface area contributed by atoms with Crippen molar-refractivity contribution in [2.24, 2.45) is 0 Å². The summed E-state index contributed by atoms with van der Waals surface area (Å²) in [5, 5.41) is 2.88. The first-order valence-electron chi connectivity index (χ1n) is 15.8. The highest BCUT2D eigenvalue weighted by Gasteiger charge is 2.43. The summed E-state index contributed by atoms with van der Waals surface area (Å²) in [4.78, 5) is 26.3. The van der Waals surface area contributed by atoms with E-state index < -0.39 is 17.9 Å². The van der Waals surface area contributed by atoms with E-state index in [0.717, 1.165) is 16.7 Å². The molecule has 0 radical (unpaired) electrons. The summed E-state index contributed by atoms with van der Waals surface area (Å²) in [6.07, 6.45) is 4.60. The van der Waals surface area contributed by atoms with Gasteiger partial charge in [-0.2, -0.15) is 0 Å². The second-order valence-corrected chi connectivity index (χ2v) is 12.2. The first kappa shape index (κ1) is 31.7. The highest BCUT2D eigenvalue weighted by Crippen LogP contribution is 2.42. The van der Waals surface area contributed by atoms with Gasteiger partial charge in [-0.1, -0.05) is 109 Å². The fourth-order valence-electron chi connectivity index (χ4n) is 6.25. The summed E-state index contributed by atoms with van der Waals surface area (Å²) in [7, 11) is 0. The molecule has 0 aliphatic carbocycles. The lowest BCUT2D eigenvalue weighted by Gasteiger charge is -2.37. The summed E-state index contributed by atoms with van der Waals surface area (Å²) < 4.78 is 22.1. The Kier molecular flexibility index (Phi) is 9.57. The van der Waals surface area contributed by atoms with E-state index in [0.29, 0.717) is 34.9 Å². The minimum Gasteiger partial charge on any atom is -0.365 e. The highest BCUT2D eigenvalue weighted by molar-refractivity contribution is 7.98. The number of carbonyl (C=O) groups excluding carboxylic acids is 1. The summed E-state index contributed by atoms with van der Waals surface area (Å²) in [6, 6.07) is 39.9. The third-order valence-electron chi connectivity index (χ3n) is 8.52. The number of ether oxygens (including phenoxy) is 3. The van der Waals surface area contributed by atoms with Crippen molar-refractivity contribution in [3.63, 3.8) is 0 Å². The van der Waals surface area contributed by atoms with Gasteiger partial charge in [0.1, 0.15) is 24.3 Å². The molecule has 1 fully saturated rings. The zero-order valence-corrected chi connectivity index (χ0v) is 27.2. The number of fused-ring (bicyclic) bond motifs is 1. The van der Waals surface area contributed by atoms with Crippen LogP contribution in [0, 0.1) is 0 Å². The maximum absolute atomic E-state index is 12.9. The number of nitrogens with one attached hydrogen (secondary N) is 1. The average Bonchev–Trinajstić information content (AvgIpc) is 3.77. The molecule has 3 atom stereocenters. The van der Waals surface area contributed by atoms with E-state index in [2.05, 4.69) is 56.7 Å². The van der Waals surface area contributed by atoms with Gasteiger partial charge >= 0.3 is 0 Å². The quantitative estimate of drug-likeness (QED) is 0.110. The number of anilines is 1. The molecule has 0 saturated carbocycles. The molecule has 0 unspecified atom stereocenters. The number of carbonyl (C=O) groups is 1. The number of nitrogens with zero attached hydrogens (tertiary/aromatic N) is 4. The lowest BCUT2D eigenvalue weighted by Crippen LogP contribution is -2.38. The van der Waals surface area contributed by atoms with E-state index in [4.69, 9.17) is 14.2 Å². The molecule has 1 aliphatic heterocycles. The minimum atomic E-state index is -0.893. The van der Waals surface area contributed by atoms with Gasteiger partial charge < -0.3 is 19.5 Å².